The number of ether oxygens (including phenoxy) is 1. The number of para-hydroxylation sites is 1. The molecular weight excluding hydrogens is 366 g/mol. The Morgan fingerprint density at radius 1 is 1.14 bits per heavy atom. The molecule has 9 nitrogen and oxygen atoms in total. The van der Waals surface area contributed by atoms with E-state index in [0.717, 1.165) is 6.07 Å². The third kappa shape index (κ3) is 2.44. The predicted octanol–water partition coefficient (Wildman–Crippen LogP) is 2.38. The number of aromatic nitrogens is 2. The number of esters is 1. The van der Waals surface area contributed by atoms with Crippen molar-refractivity contribution < 1.29 is 14.5 Å². The Morgan fingerprint density at radius 2 is 1.89 bits per heavy atom. The minimum atomic E-state index is -0.795. The molecular formula is C19H13N3O6. The summed E-state index contributed by atoms with van der Waals surface area (Å²) in [6, 6.07) is 10.1. The number of nitrogens with zero attached hydrogens (tertiary/aromatic N) is 2. The number of nitrogens with one attached hydrogen (secondary N) is 1. The Morgan fingerprint density at radius 3 is 2.61 bits per heavy atom. The first-order chi connectivity index (χ1) is 13.4. The number of aromatic amines is 1. The lowest BCUT2D eigenvalue weighted by Crippen LogP contribution is -2.24. The van der Waals surface area contributed by atoms with Crippen molar-refractivity contribution in [2.45, 2.75) is 6.92 Å². The van der Waals surface area contributed by atoms with Gasteiger partial charge in [-0.3, -0.25) is 24.1 Å². The smallest absolute Gasteiger partial charge is 0.342 e. The first kappa shape index (κ1) is 17.4. The molecule has 0 spiro atoms. The standard InChI is InChI=1S/C19H13N3O6/c1-2-28-19(25)15-13-9-10(22(26)27)7-8-11(13)18(24)21-14-6-4-3-5-12(14)17(23)20-16(15)21/h3-9H,2H2,1H3,(H,20,23). The van der Waals surface area contributed by atoms with Crippen molar-refractivity contribution in [1.82, 2.24) is 9.38 Å². The average Bonchev–Trinajstić information content (AvgIpc) is 2.68. The number of carbonyl (C=O) groups excluding carboxylic acids is 1. The van der Waals surface area contributed by atoms with Crippen LogP contribution in [0.3, 0.4) is 0 Å². The van der Waals surface area contributed by atoms with Crippen molar-refractivity contribution in [3.8, 4) is 0 Å². The van der Waals surface area contributed by atoms with Crippen molar-refractivity contribution in [3.63, 3.8) is 0 Å². The molecule has 2 aromatic carbocycles. The van der Waals surface area contributed by atoms with Gasteiger partial charge in [0, 0.05) is 22.9 Å². The van der Waals surface area contributed by atoms with Gasteiger partial charge in [-0.1, -0.05) is 12.1 Å². The van der Waals surface area contributed by atoms with Gasteiger partial charge < -0.3 is 9.72 Å². The summed E-state index contributed by atoms with van der Waals surface area (Å²) in [6.45, 7) is 1.66. The van der Waals surface area contributed by atoms with Gasteiger partial charge in [-0.15, -0.1) is 0 Å². The van der Waals surface area contributed by atoms with Crippen LogP contribution in [0.1, 0.15) is 17.3 Å². The molecule has 0 aliphatic heterocycles. The molecule has 0 saturated carbocycles. The van der Waals surface area contributed by atoms with Crippen molar-refractivity contribution in [3.05, 3.63) is 78.8 Å². The topological polar surface area (TPSA) is 124 Å². The summed E-state index contributed by atoms with van der Waals surface area (Å²) in [5.74, 6) is -0.795. The van der Waals surface area contributed by atoms with Crippen molar-refractivity contribution >= 4 is 39.0 Å². The Hall–Kier alpha value is -4.01. The lowest BCUT2D eigenvalue weighted by Gasteiger charge is -2.13. The van der Waals surface area contributed by atoms with Crippen LogP contribution >= 0.6 is 0 Å². The maximum atomic E-state index is 13.1. The van der Waals surface area contributed by atoms with Gasteiger partial charge in [0.15, 0.2) is 0 Å². The Bertz CT molecular complexity index is 1420. The monoisotopic (exact) mass is 379 g/mol. The van der Waals surface area contributed by atoms with E-state index in [1.807, 2.05) is 0 Å². The number of pyridine rings is 1. The number of benzene rings is 2. The summed E-state index contributed by atoms with van der Waals surface area (Å²) in [4.78, 5) is 51.5. The zero-order valence-corrected chi connectivity index (χ0v) is 14.6. The van der Waals surface area contributed by atoms with Crippen LogP contribution in [0.25, 0.3) is 27.3 Å². The van der Waals surface area contributed by atoms with Crippen LogP contribution in [-0.2, 0) is 4.74 Å². The van der Waals surface area contributed by atoms with E-state index < -0.39 is 22.0 Å². The fourth-order valence-corrected chi connectivity index (χ4v) is 3.29. The molecule has 0 fully saturated rings. The predicted molar refractivity (Wildman–Crippen MR) is 102 cm³/mol. The molecule has 28 heavy (non-hydrogen) atoms. The zero-order chi connectivity index (χ0) is 20.0. The molecule has 0 amide bonds. The number of nitro benzene ring substituents is 1. The van der Waals surface area contributed by atoms with E-state index >= 15 is 0 Å². The van der Waals surface area contributed by atoms with E-state index in [-0.39, 0.29) is 39.7 Å². The van der Waals surface area contributed by atoms with Gasteiger partial charge in [0.2, 0.25) is 0 Å². The second kappa shape index (κ2) is 6.31. The van der Waals surface area contributed by atoms with Gasteiger partial charge in [0.05, 0.1) is 22.4 Å². The number of nitro groups is 1. The summed E-state index contributed by atoms with van der Waals surface area (Å²) >= 11 is 0. The number of fused-ring (bicyclic) bond motifs is 4. The summed E-state index contributed by atoms with van der Waals surface area (Å²) < 4.78 is 6.31. The third-order valence-corrected chi connectivity index (χ3v) is 4.48. The van der Waals surface area contributed by atoms with Crippen LogP contribution in [0.4, 0.5) is 5.69 Å². The van der Waals surface area contributed by atoms with Gasteiger partial charge in [-0.2, -0.15) is 0 Å². The first-order valence-electron chi connectivity index (χ1n) is 8.39. The number of hydrogen-bond acceptors (Lipinski definition) is 6. The summed E-state index contributed by atoms with van der Waals surface area (Å²) in [5.41, 5.74) is -1.16. The highest BCUT2D eigenvalue weighted by molar-refractivity contribution is 6.10. The van der Waals surface area contributed by atoms with Crippen LogP contribution < -0.4 is 11.1 Å². The zero-order valence-electron chi connectivity index (χ0n) is 14.6. The molecule has 2 aromatic heterocycles. The van der Waals surface area contributed by atoms with Crippen molar-refractivity contribution in [1.29, 1.82) is 0 Å². The molecule has 0 unspecified atom stereocenters. The minimum Gasteiger partial charge on any atom is -0.462 e. The molecule has 9 heteroatoms. The molecule has 0 atom stereocenters. The van der Waals surface area contributed by atoms with Crippen molar-refractivity contribution in [2.24, 2.45) is 0 Å². The lowest BCUT2D eigenvalue weighted by atomic mass is 10.0. The summed E-state index contributed by atoms with van der Waals surface area (Å²) in [7, 11) is 0. The second-order valence-corrected chi connectivity index (χ2v) is 6.04. The first-order valence-corrected chi connectivity index (χ1v) is 8.39. The molecule has 1 N–H and O–H groups in total. The summed E-state index contributed by atoms with van der Waals surface area (Å²) in [6.07, 6.45) is 0. The van der Waals surface area contributed by atoms with Crippen LogP contribution in [0.5, 0.6) is 0 Å². The Balaban J connectivity index is 2.33. The number of H-pyrrole nitrogens is 1. The number of carbonyl (C=O) groups is 1. The van der Waals surface area contributed by atoms with Crippen LogP contribution in [0, 0.1) is 10.1 Å². The van der Waals surface area contributed by atoms with Crippen LogP contribution in [0.15, 0.2) is 52.1 Å². The Labute approximate surface area is 155 Å². The highest BCUT2D eigenvalue weighted by Crippen LogP contribution is 2.26. The fourth-order valence-electron chi connectivity index (χ4n) is 3.29. The quantitative estimate of drug-likeness (QED) is 0.192. The summed E-state index contributed by atoms with van der Waals surface area (Å²) in [5, 5.41) is 11.6. The fraction of sp³-hybridized carbons (Fsp3) is 0.105. The minimum absolute atomic E-state index is 0.0450. The van der Waals surface area contributed by atoms with Gasteiger partial charge in [0.1, 0.15) is 11.2 Å². The van der Waals surface area contributed by atoms with Gasteiger partial charge in [0.25, 0.3) is 16.8 Å². The molecule has 4 rings (SSSR count). The van der Waals surface area contributed by atoms with E-state index in [1.165, 1.54) is 16.5 Å². The number of rotatable bonds is 3. The van der Waals surface area contributed by atoms with E-state index in [0.29, 0.717) is 5.52 Å². The maximum Gasteiger partial charge on any atom is 0.342 e. The third-order valence-electron chi connectivity index (χ3n) is 4.48. The molecule has 2 heterocycles. The molecule has 0 saturated heterocycles. The van der Waals surface area contributed by atoms with Gasteiger partial charge in [-0.05, 0) is 25.1 Å². The molecule has 0 aliphatic carbocycles. The van der Waals surface area contributed by atoms with E-state index in [9.17, 15) is 24.5 Å². The van der Waals surface area contributed by atoms with E-state index in [4.69, 9.17) is 4.74 Å². The molecule has 140 valence electrons. The van der Waals surface area contributed by atoms with Crippen LogP contribution in [0.2, 0.25) is 0 Å². The molecule has 4 aromatic rings. The molecule has 0 radical (unpaired) electrons. The average molecular weight is 379 g/mol. The van der Waals surface area contributed by atoms with E-state index in [2.05, 4.69) is 4.98 Å². The Kier molecular flexibility index (Phi) is 3.92. The largest absolute Gasteiger partial charge is 0.462 e. The second-order valence-electron chi connectivity index (χ2n) is 6.04. The number of hydrogen-bond donors (Lipinski definition) is 1. The van der Waals surface area contributed by atoms with Crippen molar-refractivity contribution in [2.75, 3.05) is 6.61 Å². The highest BCUT2D eigenvalue weighted by Gasteiger charge is 2.23. The number of non-ortho nitro benzene ring substituents is 1. The SMILES string of the molecule is CCOC(=O)c1c2cc([N+](=O)[O-])ccc2c(=O)n2c1[nH]c(=O)c1ccccc12. The molecule has 0 aliphatic rings. The highest BCUT2D eigenvalue weighted by atomic mass is 16.6. The maximum absolute atomic E-state index is 13.1. The van der Waals surface area contributed by atoms with Crippen LogP contribution in [-0.4, -0.2) is 26.9 Å². The van der Waals surface area contributed by atoms with Gasteiger partial charge >= 0.3 is 5.97 Å². The lowest BCUT2D eigenvalue weighted by molar-refractivity contribution is -0.384. The normalized spacial score (nSPS) is 11.2. The van der Waals surface area contributed by atoms with Gasteiger partial charge in [-0.25, -0.2) is 4.79 Å². The van der Waals surface area contributed by atoms with E-state index in [1.54, 1.807) is 31.2 Å². The molecule has 0 bridgehead atoms.